The standard InChI is InChI=1S/C11H19N3O2S2/c1-10(2)9(11(10,3)4)13-8-6(18(5,15)16)7(12)14-17-8/h9,13H,1-5H3,(H2,12,14). The van der Waals surface area contributed by atoms with Crippen molar-refractivity contribution in [2.24, 2.45) is 10.8 Å². The summed E-state index contributed by atoms with van der Waals surface area (Å²) in [6.45, 7) is 8.65. The minimum absolute atomic E-state index is 0.0845. The summed E-state index contributed by atoms with van der Waals surface area (Å²) in [4.78, 5) is 0.131. The van der Waals surface area contributed by atoms with Crippen molar-refractivity contribution in [1.82, 2.24) is 4.37 Å². The van der Waals surface area contributed by atoms with Crippen molar-refractivity contribution < 1.29 is 8.42 Å². The summed E-state index contributed by atoms with van der Waals surface area (Å²) in [5.74, 6) is 0.0845. The average molecular weight is 289 g/mol. The maximum atomic E-state index is 11.7. The van der Waals surface area contributed by atoms with E-state index in [4.69, 9.17) is 5.73 Å². The van der Waals surface area contributed by atoms with Crippen LogP contribution in [0.15, 0.2) is 4.90 Å². The molecule has 102 valence electrons. The van der Waals surface area contributed by atoms with Crippen LogP contribution in [0.5, 0.6) is 0 Å². The lowest BCUT2D eigenvalue weighted by molar-refractivity contribution is 0.457. The Hall–Kier alpha value is -0.820. The lowest BCUT2D eigenvalue weighted by Crippen LogP contribution is -2.12. The molecule has 3 N–H and O–H groups in total. The van der Waals surface area contributed by atoms with E-state index < -0.39 is 9.84 Å². The van der Waals surface area contributed by atoms with E-state index in [9.17, 15) is 8.42 Å². The Balaban J connectivity index is 2.34. The van der Waals surface area contributed by atoms with Crippen LogP contribution in [0, 0.1) is 10.8 Å². The SMILES string of the molecule is CC1(C)C(Nc2snc(N)c2S(C)(=O)=O)C1(C)C. The topological polar surface area (TPSA) is 85.1 Å². The fourth-order valence-electron chi connectivity index (χ4n) is 2.43. The summed E-state index contributed by atoms with van der Waals surface area (Å²) in [5, 5.41) is 3.84. The van der Waals surface area contributed by atoms with Gasteiger partial charge in [0.05, 0.1) is 0 Å². The molecule has 1 aliphatic carbocycles. The van der Waals surface area contributed by atoms with Crippen LogP contribution in [0.1, 0.15) is 27.7 Å². The molecule has 0 saturated heterocycles. The number of rotatable bonds is 3. The number of nitrogen functional groups attached to an aromatic ring is 1. The molecule has 1 heterocycles. The summed E-state index contributed by atoms with van der Waals surface area (Å²) in [6, 6.07) is 0.227. The number of nitrogens with one attached hydrogen (secondary N) is 1. The van der Waals surface area contributed by atoms with Crippen molar-refractivity contribution in [2.75, 3.05) is 17.3 Å². The first kappa shape index (κ1) is 13.6. The fraction of sp³-hybridized carbons (Fsp3) is 0.727. The molecule has 0 radical (unpaired) electrons. The van der Waals surface area contributed by atoms with Gasteiger partial charge in [0.2, 0.25) is 0 Å². The van der Waals surface area contributed by atoms with Crippen molar-refractivity contribution in [1.29, 1.82) is 0 Å². The van der Waals surface area contributed by atoms with Crippen molar-refractivity contribution in [3.63, 3.8) is 0 Å². The first-order chi connectivity index (χ1) is 7.99. The van der Waals surface area contributed by atoms with Crippen molar-refractivity contribution in [3.05, 3.63) is 0 Å². The Morgan fingerprint density at radius 1 is 1.28 bits per heavy atom. The first-order valence-corrected chi connectivity index (χ1v) is 8.38. The molecule has 0 atom stereocenters. The van der Waals surface area contributed by atoms with E-state index in [1.54, 1.807) is 0 Å². The number of aromatic nitrogens is 1. The van der Waals surface area contributed by atoms with Gasteiger partial charge in [0, 0.05) is 12.3 Å². The Kier molecular flexibility index (Phi) is 2.72. The molecule has 0 amide bonds. The molecule has 0 spiro atoms. The van der Waals surface area contributed by atoms with Crippen LogP contribution in [-0.2, 0) is 9.84 Å². The normalized spacial score (nSPS) is 21.8. The van der Waals surface area contributed by atoms with Gasteiger partial charge >= 0.3 is 0 Å². The number of hydrogen-bond acceptors (Lipinski definition) is 6. The summed E-state index contributed by atoms with van der Waals surface area (Å²) in [7, 11) is -3.35. The van der Waals surface area contributed by atoms with E-state index in [0.29, 0.717) is 5.00 Å². The molecule has 0 bridgehead atoms. The van der Waals surface area contributed by atoms with Crippen LogP contribution < -0.4 is 11.1 Å². The fourth-order valence-corrected chi connectivity index (χ4v) is 4.52. The van der Waals surface area contributed by atoms with Gasteiger partial charge in [0.15, 0.2) is 15.7 Å². The Morgan fingerprint density at radius 3 is 2.17 bits per heavy atom. The number of hydrogen-bond donors (Lipinski definition) is 2. The van der Waals surface area contributed by atoms with Gasteiger partial charge in [0.1, 0.15) is 9.90 Å². The molecular formula is C11H19N3O2S2. The van der Waals surface area contributed by atoms with Gasteiger partial charge < -0.3 is 11.1 Å². The van der Waals surface area contributed by atoms with Gasteiger partial charge in [-0.1, -0.05) is 27.7 Å². The van der Waals surface area contributed by atoms with Gasteiger partial charge in [-0.15, -0.1) is 0 Å². The summed E-state index contributed by atoms with van der Waals surface area (Å²) < 4.78 is 27.4. The zero-order chi connectivity index (χ0) is 13.9. The van der Waals surface area contributed by atoms with E-state index in [2.05, 4.69) is 37.4 Å². The van der Waals surface area contributed by atoms with Gasteiger partial charge in [0.25, 0.3) is 0 Å². The van der Waals surface area contributed by atoms with Gasteiger partial charge in [-0.3, -0.25) is 0 Å². The van der Waals surface area contributed by atoms with E-state index in [1.807, 2.05) is 0 Å². The number of sulfone groups is 1. The molecule has 18 heavy (non-hydrogen) atoms. The Bertz CT molecular complexity index is 573. The molecule has 7 heteroatoms. The predicted molar refractivity (Wildman–Crippen MR) is 74.6 cm³/mol. The second kappa shape index (κ2) is 3.60. The molecule has 1 aromatic rings. The minimum atomic E-state index is -3.35. The monoisotopic (exact) mass is 289 g/mol. The number of nitrogens with zero attached hydrogens (tertiary/aromatic N) is 1. The largest absolute Gasteiger partial charge is 0.382 e. The Labute approximate surface area is 112 Å². The molecule has 1 saturated carbocycles. The predicted octanol–water partition coefficient (Wildman–Crippen LogP) is 1.98. The molecule has 0 unspecified atom stereocenters. The average Bonchev–Trinajstić information content (AvgIpc) is 2.52. The van der Waals surface area contributed by atoms with Crippen LogP contribution in [0.3, 0.4) is 0 Å². The highest BCUT2D eigenvalue weighted by atomic mass is 32.2. The van der Waals surface area contributed by atoms with Crippen molar-refractivity contribution in [2.45, 2.75) is 38.6 Å². The third-order valence-corrected chi connectivity index (χ3v) is 6.42. The van der Waals surface area contributed by atoms with Gasteiger partial charge in [-0.2, -0.15) is 4.37 Å². The van der Waals surface area contributed by atoms with E-state index in [0.717, 1.165) is 17.8 Å². The maximum Gasteiger partial charge on any atom is 0.182 e. The van der Waals surface area contributed by atoms with Crippen molar-refractivity contribution >= 4 is 32.2 Å². The second-order valence-corrected chi connectivity index (χ2v) is 8.74. The molecule has 5 nitrogen and oxygen atoms in total. The van der Waals surface area contributed by atoms with E-state index in [1.165, 1.54) is 0 Å². The molecule has 0 aliphatic heterocycles. The highest BCUT2D eigenvalue weighted by molar-refractivity contribution is 7.91. The van der Waals surface area contributed by atoms with E-state index in [-0.39, 0.29) is 27.6 Å². The zero-order valence-electron chi connectivity index (χ0n) is 11.2. The van der Waals surface area contributed by atoms with Crippen LogP contribution in [0.4, 0.5) is 10.8 Å². The highest BCUT2D eigenvalue weighted by Gasteiger charge is 2.65. The maximum absolute atomic E-state index is 11.7. The lowest BCUT2D eigenvalue weighted by Gasteiger charge is -2.07. The molecule has 1 fully saturated rings. The summed E-state index contributed by atoms with van der Waals surface area (Å²) >= 11 is 1.11. The Morgan fingerprint density at radius 2 is 1.78 bits per heavy atom. The van der Waals surface area contributed by atoms with Crippen LogP contribution >= 0.6 is 11.5 Å². The van der Waals surface area contributed by atoms with E-state index >= 15 is 0 Å². The summed E-state index contributed by atoms with van der Waals surface area (Å²) in [5.41, 5.74) is 5.89. The lowest BCUT2D eigenvalue weighted by atomic mass is 10.0. The minimum Gasteiger partial charge on any atom is -0.382 e. The second-order valence-electron chi connectivity index (χ2n) is 6.02. The smallest absolute Gasteiger partial charge is 0.182 e. The molecule has 2 rings (SSSR count). The quantitative estimate of drug-likeness (QED) is 0.888. The molecule has 1 aliphatic rings. The molecule has 0 aromatic carbocycles. The summed E-state index contributed by atoms with van der Waals surface area (Å²) in [6.07, 6.45) is 1.15. The van der Waals surface area contributed by atoms with Gasteiger partial charge in [-0.25, -0.2) is 8.42 Å². The zero-order valence-corrected chi connectivity index (χ0v) is 12.9. The van der Waals surface area contributed by atoms with Crippen LogP contribution in [0.25, 0.3) is 0 Å². The van der Waals surface area contributed by atoms with Crippen LogP contribution in [0.2, 0.25) is 0 Å². The third kappa shape index (κ3) is 1.80. The highest BCUT2D eigenvalue weighted by Crippen LogP contribution is 2.64. The number of anilines is 2. The third-order valence-electron chi connectivity index (χ3n) is 4.34. The molecular weight excluding hydrogens is 270 g/mol. The van der Waals surface area contributed by atoms with Gasteiger partial charge in [-0.05, 0) is 22.4 Å². The van der Waals surface area contributed by atoms with Crippen LogP contribution in [-0.4, -0.2) is 25.1 Å². The number of nitrogens with two attached hydrogens (primary N) is 1. The molecule has 1 aromatic heterocycles. The first-order valence-electron chi connectivity index (χ1n) is 5.71. The van der Waals surface area contributed by atoms with Crippen molar-refractivity contribution in [3.8, 4) is 0 Å².